The lowest BCUT2D eigenvalue weighted by Crippen LogP contribution is -2.48. The summed E-state index contributed by atoms with van der Waals surface area (Å²) in [5.74, 6) is 0.316. The number of carbonyl (C=O) groups excluding carboxylic acids is 2. The van der Waals surface area contributed by atoms with Gasteiger partial charge in [0.1, 0.15) is 0 Å². The van der Waals surface area contributed by atoms with Crippen molar-refractivity contribution in [1.82, 2.24) is 10.2 Å². The van der Waals surface area contributed by atoms with Crippen molar-refractivity contribution in [3.05, 3.63) is 35.4 Å². The Hall–Kier alpha value is -2.05. The second-order valence-corrected chi connectivity index (χ2v) is 6.87. The molecule has 1 atom stereocenters. The first-order valence-electron chi connectivity index (χ1n) is 8.53. The molecule has 1 unspecified atom stereocenters. The van der Waals surface area contributed by atoms with E-state index in [4.69, 9.17) is 0 Å². The van der Waals surface area contributed by atoms with Crippen LogP contribution < -0.4 is 5.32 Å². The van der Waals surface area contributed by atoms with Gasteiger partial charge in [0.15, 0.2) is 0 Å². The van der Waals surface area contributed by atoms with Crippen molar-refractivity contribution in [2.24, 2.45) is 0 Å². The summed E-state index contributed by atoms with van der Waals surface area (Å²) in [5.41, 5.74) is 1.22. The monoisotopic (exact) mass is 354 g/mol. The summed E-state index contributed by atoms with van der Waals surface area (Å²) in [6, 6.07) is 6.57. The lowest BCUT2D eigenvalue weighted by atomic mass is 9.90. The van der Waals surface area contributed by atoms with Crippen molar-refractivity contribution in [3.63, 3.8) is 0 Å². The molecule has 1 aromatic carbocycles. The summed E-state index contributed by atoms with van der Waals surface area (Å²) >= 11 is 0. The Kier molecular flexibility index (Phi) is 5.01. The Morgan fingerprint density at radius 1 is 1.20 bits per heavy atom. The molecule has 0 aromatic heterocycles. The molecule has 2 heterocycles. The summed E-state index contributed by atoms with van der Waals surface area (Å²) in [6.45, 7) is 1.21. The molecule has 0 radical (unpaired) electrons. The second kappa shape index (κ2) is 7.06. The summed E-state index contributed by atoms with van der Waals surface area (Å²) < 4.78 is 37.1. The Morgan fingerprint density at radius 2 is 1.88 bits per heavy atom. The maximum absolute atomic E-state index is 12.4. The number of rotatable bonds is 5. The molecule has 2 fully saturated rings. The molecule has 2 saturated heterocycles. The molecule has 136 valence electrons. The highest BCUT2D eigenvalue weighted by Crippen LogP contribution is 2.29. The van der Waals surface area contributed by atoms with Gasteiger partial charge in [0.2, 0.25) is 11.8 Å². The number of nitrogens with zero attached hydrogens (tertiary/aromatic N) is 1. The highest BCUT2D eigenvalue weighted by Gasteiger charge is 2.32. The maximum Gasteiger partial charge on any atom is 0.393 e. The van der Waals surface area contributed by atoms with Crippen molar-refractivity contribution in [2.45, 2.75) is 50.2 Å². The van der Waals surface area contributed by atoms with Gasteiger partial charge in [-0.15, -0.1) is 0 Å². The van der Waals surface area contributed by atoms with Crippen LogP contribution in [-0.4, -0.2) is 42.0 Å². The van der Waals surface area contributed by atoms with Crippen LogP contribution in [0.15, 0.2) is 24.3 Å². The van der Waals surface area contributed by atoms with Gasteiger partial charge in [-0.05, 0) is 24.0 Å². The number of hydrogen-bond acceptors (Lipinski definition) is 2. The molecule has 1 aromatic rings. The smallest absolute Gasteiger partial charge is 0.353 e. The van der Waals surface area contributed by atoms with Crippen LogP contribution in [0.5, 0.6) is 0 Å². The molecule has 0 bridgehead atoms. The molecule has 1 N–H and O–H groups in total. The standard InChI is InChI=1S/C18H21F3N2O2/c19-18(20,21)9-12-1-3-13(4-2-12)14-10-23(11-14)17(25)8-6-15-5-7-16(24)22-15/h1-4,14-15H,5-11H2,(H,22,24). The molecule has 0 spiro atoms. The predicted octanol–water partition coefficient (Wildman–Crippen LogP) is 2.78. The van der Waals surface area contributed by atoms with Crippen molar-refractivity contribution in [3.8, 4) is 0 Å². The van der Waals surface area contributed by atoms with Crippen LogP contribution in [0.25, 0.3) is 0 Å². The second-order valence-electron chi connectivity index (χ2n) is 6.87. The summed E-state index contributed by atoms with van der Waals surface area (Å²) in [7, 11) is 0. The Bertz CT molecular complexity index is 637. The van der Waals surface area contributed by atoms with Gasteiger partial charge in [-0.25, -0.2) is 0 Å². The van der Waals surface area contributed by atoms with Crippen molar-refractivity contribution >= 4 is 11.8 Å². The Morgan fingerprint density at radius 3 is 2.44 bits per heavy atom. The van der Waals surface area contributed by atoms with E-state index >= 15 is 0 Å². The molecule has 2 aliphatic rings. The zero-order valence-electron chi connectivity index (χ0n) is 13.8. The third-order valence-electron chi connectivity index (χ3n) is 4.88. The average molecular weight is 354 g/mol. The number of alkyl halides is 3. The van der Waals surface area contributed by atoms with Crippen LogP contribution in [0.2, 0.25) is 0 Å². The van der Waals surface area contributed by atoms with E-state index in [9.17, 15) is 22.8 Å². The van der Waals surface area contributed by atoms with Gasteiger partial charge in [-0.1, -0.05) is 24.3 Å². The normalized spacial score (nSPS) is 21.2. The van der Waals surface area contributed by atoms with Gasteiger partial charge in [0, 0.05) is 37.9 Å². The third-order valence-corrected chi connectivity index (χ3v) is 4.88. The first kappa shape index (κ1) is 17.8. The van der Waals surface area contributed by atoms with Crippen LogP contribution in [0.4, 0.5) is 13.2 Å². The zero-order chi connectivity index (χ0) is 18.0. The maximum atomic E-state index is 12.4. The predicted molar refractivity (Wildman–Crippen MR) is 85.9 cm³/mol. The quantitative estimate of drug-likeness (QED) is 0.884. The topological polar surface area (TPSA) is 49.4 Å². The first-order valence-corrected chi connectivity index (χ1v) is 8.53. The molecule has 0 aliphatic carbocycles. The molecule has 2 aliphatic heterocycles. The van der Waals surface area contributed by atoms with Gasteiger partial charge in [-0.3, -0.25) is 9.59 Å². The summed E-state index contributed by atoms with van der Waals surface area (Å²) in [4.78, 5) is 25.0. The number of hydrogen-bond donors (Lipinski definition) is 1. The van der Waals surface area contributed by atoms with Crippen LogP contribution in [0.3, 0.4) is 0 Å². The minimum absolute atomic E-state index is 0.0513. The average Bonchev–Trinajstić information content (AvgIpc) is 2.89. The van der Waals surface area contributed by atoms with Crippen molar-refractivity contribution in [2.75, 3.05) is 13.1 Å². The van der Waals surface area contributed by atoms with Gasteiger partial charge >= 0.3 is 6.18 Å². The van der Waals surface area contributed by atoms with Crippen LogP contribution in [0.1, 0.15) is 42.7 Å². The Balaban J connectivity index is 1.42. The van der Waals surface area contributed by atoms with Crippen LogP contribution in [0, 0.1) is 0 Å². The zero-order valence-corrected chi connectivity index (χ0v) is 13.8. The van der Waals surface area contributed by atoms with Crippen LogP contribution in [-0.2, 0) is 16.0 Å². The number of benzene rings is 1. The minimum atomic E-state index is -4.19. The minimum Gasteiger partial charge on any atom is -0.353 e. The fourth-order valence-electron chi connectivity index (χ4n) is 3.38. The van der Waals surface area contributed by atoms with Gasteiger partial charge in [-0.2, -0.15) is 13.2 Å². The van der Waals surface area contributed by atoms with Crippen LogP contribution >= 0.6 is 0 Å². The van der Waals surface area contributed by atoms with E-state index < -0.39 is 12.6 Å². The van der Waals surface area contributed by atoms with E-state index in [0.717, 1.165) is 12.0 Å². The number of amides is 2. The highest BCUT2D eigenvalue weighted by molar-refractivity contribution is 5.79. The molecular formula is C18H21F3N2O2. The van der Waals surface area contributed by atoms with Gasteiger partial charge in [0.05, 0.1) is 6.42 Å². The van der Waals surface area contributed by atoms with E-state index in [1.165, 1.54) is 12.1 Å². The van der Waals surface area contributed by atoms with E-state index in [1.807, 2.05) is 0 Å². The number of nitrogens with one attached hydrogen (secondary N) is 1. The third kappa shape index (κ3) is 4.74. The van der Waals surface area contributed by atoms with E-state index in [0.29, 0.717) is 32.4 Å². The molecule has 7 heteroatoms. The summed E-state index contributed by atoms with van der Waals surface area (Å²) in [5, 5.41) is 2.85. The lowest BCUT2D eigenvalue weighted by Gasteiger charge is -2.40. The first-order chi connectivity index (χ1) is 11.8. The number of likely N-dealkylation sites (tertiary alicyclic amines) is 1. The molecule has 2 amide bonds. The Labute approximate surface area is 144 Å². The van der Waals surface area contributed by atoms with Gasteiger partial charge in [0.25, 0.3) is 0 Å². The fraction of sp³-hybridized carbons (Fsp3) is 0.556. The van der Waals surface area contributed by atoms with E-state index in [-0.39, 0.29) is 29.3 Å². The number of halogens is 3. The van der Waals surface area contributed by atoms with E-state index in [1.54, 1.807) is 17.0 Å². The van der Waals surface area contributed by atoms with Crippen molar-refractivity contribution < 1.29 is 22.8 Å². The SMILES string of the molecule is O=C1CCC(CCC(=O)N2CC(c3ccc(CC(F)(F)F)cc3)C2)N1. The van der Waals surface area contributed by atoms with E-state index in [2.05, 4.69) is 5.32 Å². The van der Waals surface area contributed by atoms with Gasteiger partial charge < -0.3 is 10.2 Å². The summed E-state index contributed by atoms with van der Waals surface area (Å²) in [6.07, 6.45) is -2.70. The fourth-order valence-corrected chi connectivity index (χ4v) is 3.38. The molecule has 0 saturated carbocycles. The van der Waals surface area contributed by atoms with Crippen molar-refractivity contribution in [1.29, 1.82) is 0 Å². The largest absolute Gasteiger partial charge is 0.393 e. The molecule has 3 rings (SSSR count). The molecule has 25 heavy (non-hydrogen) atoms. The highest BCUT2D eigenvalue weighted by atomic mass is 19.4. The number of carbonyl (C=O) groups is 2. The lowest BCUT2D eigenvalue weighted by molar-refractivity contribution is -0.136. The molecular weight excluding hydrogens is 333 g/mol. The molecule has 4 nitrogen and oxygen atoms in total.